The van der Waals surface area contributed by atoms with Crippen molar-refractivity contribution < 1.29 is 4.79 Å². The van der Waals surface area contributed by atoms with Crippen LogP contribution in [0.25, 0.3) is 0 Å². The van der Waals surface area contributed by atoms with E-state index in [1.807, 2.05) is 69.3 Å². The standard InChI is InChI=1S/C22H21N7OS/c1-13-21(31-15(3)24-13)22(30)28-17-9-7-16(8-10-17)27-19-12-20(26-14(2)25-19)29-18-6-4-5-11-23-18/h4-12H,1-3H3,(H,28,30)(H2,23,25,26,27,29). The van der Waals surface area contributed by atoms with Crippen molar-refractivity contribution in [2.45, 2.75) is 20.8 Å². The van der Waals surface area contributed by atoms with Gasteiger partial charge in [-0.1, -0.05) is 6.07 Å². The van der Waals surface area contributed by atoms with E-state index in [0.29, 0.717) is 33.8 Å². The summed E-state index contributed by atoms with van der Waals surface area (Å²) in [7, 11) is 0. The zero-order valence-electron chi connectivity index (χ0n) is 17.3. The van der Waals surface area contributed by atoms with Gasteiger partial charge in [0.2, 0.25) is 0 Å². The molecule has 3 N–H and O–H groups in total. The molecule has 156 valence electrons. The molecule has 31 heavy (non-hydrogen) atoms. The molecule has 0 bridgehead atoms. The number of hydrogen-bond donors (Lipinski definition) is 3. The Morgan fingerprint density at radius 3 is 2.19 bits per heavy atom. The fourth-order valence-corrected chi connectivity index (χ4v) is 3.79. The zero-order valence-corrected chi connectivity index (χ0v) is 18.1. The number of pyridine rings is 1. The summed E-state index contributed by atoms with van der Waals surface area (Å²) >= 11 is 1.39. The SMILES string of the molecule is Cc1nc(Nc2ccc(NC(=O)c3sc(C)nc3C)cc2)cc(Nc2ccccn2)n1. The number of aryl methyl sites for hydroxylation is 3. The summed E-state index contributed by atoms with van der Waals surface area (Å²) in [4.78, 5) is 30.5. The average molecular weight is 432 g/mol. The van der Waals surface area contributed by atoms with Crippen LogP contribution in [0.2, 0.25) is 0 Å². The van der Waals surface area contributed by atoms with Crippen LogP contribution < -0.4 is 16.0 Å². The molecule has 0 unspecified atom stereocenters. The molecule has 0 aliphatic heterocycles. The topological polar surface area (TPSA) is 105 Å². The van der Waals surface area contributed by atoms with E-state index >= 15 is 0 Å². The predicted molar refractivity (Wildman–Crippen MR) is 124 cm³/mol. The van der Waals surface area contributed by atoms with Crippen LogP contribution in [0.15, 0.2) is 54.7 Å². The van der Waals surface area contributed by atoms with Crippen molar-refractivity contribution in [3.05, 3.63) is 76.1 Å². The lowest BCUT2D eigenvalue weighted by molar-refractivity contribution is 0.103. The highest BCUT2D eigenvalue weighted by molar-refractivity contribution is 7.13. The first-order valence-corrected chi connectivity index (χ1v) is 10.4. The number of aromatic nitrogens is 4. The molecule has 3 heterocycles. The van der Waals surface area contributed by atoms with Gasteiger partial charge in [-0.25, -0.2) is 19.9 Å². The number of amides is 1. The molecule has 0 spiro atoms. The van der Waals surface area contributed by atoms with Crippen molar-refractivity contribution in [2.24, 2.45) is 0 Å². The van der Waals surface area contributed by atoms with Crippen LogP contribution in [-0.2, 0) is 0 Å². The van der Waals surface area contributed by atoms with E-state index < -0.39 is 0 Å². The number of rotatable bonds is 6. The quantitative estimate of drug-likeness (QED) is 0.395. The van der Waals surface area contributed by atoms with Crippen molar-refractivity contribution in [1.82, 2.24) is 19.9 Å². The number of carbonyl (C=O) groups excluding carboxylic acids is 1. The smallest absolute Gasteiger partial charge is 0.267 e. The minimum Gasteiger partial charge on any atom is -0.340 e. The molecule has 0 aliphatic carbocycles. The van der Waals surface area contributed by atoms with Gasteiger partial charge >= 0.3 is 0 Å². The molecule has 1 aromatic carbocycles. The van der Waals surface area contributed by atoms with Crippen LogP contribution in [0.4, 0.5) is 28.8 Å². The summed E-state index contributed by atoms with van der Waals surface area (Å²) in [5, 5.41) is 10.2. The molecular formula is C22H21N7OS. The van der Waals surface area contributed by atoms with Crippen LogP contribution >= 0.6 is 11.3 Å². The molecule has 0 fully saturated rings. The van der Waals surface area contributed by atoms with Gasteiger partial charge < -0.3 is 16.0 Å². The van der Waals surface area contributed by atoms with Gasteiger partial charge in [0.15, 0.2) is 0 Å². The van der Waals surface area contributed by atoms with Crippen LogP contribution in [0.5, 0.6) is 0 Å². The predicted octanol–water partition coefficient (Wildman–Crippen LogP) is 4.99. The highest BCUT2D eigenvalue weighted by Gasteiger charge is 2.14. The lowest BCUT2D eigenvalue weighted by Crippen LogP contribution is -2.11. The van der Waals surface area contributed by atoms with E-state index in [-0.39, 0.29) is 5.91 Å². The number of benzene rings is 1. The van der Waals surface area contributed by atoms with Crippen molar-refractivity contribution in [3.63, 3.8) is 0 Å². The summed E-state index contributed by atoms with van der Waals surface area (Å²) in [5.74, 6) is 2.48. The van der Waals surface area contributed by atoms with E-state index in [2.05, 4.69) is 35.9 Å². The molecule has 0 atom stereocenters. The number of nitrogens with zero attached hydrogens (tertiary/aromatic N) is 4. The van der Waals surface area contributed by atoms with E-state index in [9.17, 15) is 4.79 Å². The Morgan fingerprint density at radius 1 is 0.839 bits per heavy atom. The monoisotopic (exact) mass is 431 g/mol. The largest absolute Gasteiger partial charge is 0.340 e. The molecule has 0 radical (unpaired) electrons. The molecule has 8 nitrogen and oxygen atoms in total. The number of nitrogens with one attached hydrogen (secondary N) is 3. The maximum atomic E-state index is 12.5. The molecule has 0 aliphatic rings. The average Bonchev–Trinajstić information content (AvgIpc) is 3.08. The summed E-state index contributed by atoms with van der Waals surface area (Å²) in [6, 6.07) is 14.9. The Morgan fingerprint density at radius 2 is 1.55 bits per heavy atom. The van der Waals surface area contributed by atoms with Crippen LogP contribution in [0.3, 0.4) is 0 Å². The van der Waals surface area contributed by atoms with Gasteiger partial charge in [0.05, 0.1) is 10.7 Å². The summed E-state index contributed by atoms with van der Waals surface area (Å²) in [6.07, 6.45) is 1.72. The number of carbonyl (C=O) groups is 1. The molecular weight excluding hydrogens is 410 g/mol. The summed E-state index contributed by atoms with van der Waals surface area (Å²) < 4.78 is 0. The van der Waals surface area contributed by atoms with Gasteiger partial charge in [-0.15, -0.1) is 11.3 Å². The van der Waals surface area contributed by atoms with Gasteiger partial charge in [-0.2, -0.15) is 0 Å². The van der Waals surface area contributed by atoms with Crippen molar-refractivity contribution in [3.8, 4) is 0 Å². The molecule has 9 heteroatoms. The molecule has 4 rings (SSSR count). The van der Waals surface area contributed by atoms with E-state index in [1.54, 1.807) is 6.20 Å². The fourth-order valence-electron chi connectivity index (χ4n) is 2.98. The number of thiazole rings is 1. The minimum absolute atomic E-state index is 0.152. The Kier molecular flexibility index (Phi) is 5.85. The third-order valence-electron chi connectivity index (χ3n) is 4.28. The van der Waals surface area contributed by atoms with Gasteiger partial charge in [-0.05, 0) is 57.2 Å². The normalized spacial score (nSPS) is 10.5. The lowest BCUT2D eigenvalue weighted by Gasteiger charge is -2.11. The maximum absolute atomic E-state index is 12.5. The number of anilines is 5. The Labute approximate surface area is 183 Å². The maximum Gasteiger partial charge on any atom is 0.267 e. The first kappa shape index (κ1) is 20.4. The van der Waals surface area contributed by atoms with E-state index in [4.69, 9.17) is 0 Å². The Hall–Kier alpha value is -3.85. The molecule has 1 amide bonds. The van der Waals surface area contributed by atoms with Crippen molar-refractivity contribution >= 4 is 46.1 Å². The third kappa shape index (κ3) is 5.20. The van der Waals surface area contributed by atoms with Crippen LogP contribution in [0, 0.1) is 20.8 Å². The molecule has 0 saturated heterocycles. The minimum atomic E-state index is -0.152. The number of hydrogen-bond acceptors (Lipinski definition) is 8. The molecule has 3 aromatic heterocycles. The van der Waals surface area contributed by atoms with Crippen LogP contribution in [-0.4, -0.2) is 25.8 Å². The summed E-state index contributed by atoms with van der Waals surface area (Å²) in [6.45, 7) is 5.56. The second kappa shape index (κ2) is 8.88. The highest BCUT2D eigenvalue weighted by atomic mass is 32.1. The second-order valence-electron chi connectivity index (χ2n) is 6.83. The van der Waals surface area contributed by atoms with Gasteiger partial charge in [0, 0.05) is 23.6 Å². The molecule has 0 saturated carbocycles. The van der Waals surface area contributed by atoms with Crippen molar-refractivity contribution in [2.75, 3.05) is 16.0 Å². The van der Waals surface area contributed by atoms with Crippen LogP contribution in [0.1, 0.15) is 26.2 Å². The fraction of sp³-hybridized carbons (Fsp3) is 0.136. The third-order valence-corrected chi connectivity index (χ3v) is 5.36. The first-order valence-electron chi connectivity index (χ1n) is 9.62. The van der Waals surface area contributed by atoms with Gasteiger partial charge in [0.1, 0.15) is 28.2 Å². The Bertz CT molecular complexity index is 1210. The first-order chi connectivity index (χ1) is 15.0. The van der Waals surface area contributed by atoms with Gasteiger partial charge in [-0.3, -0.25) is 4.79 Å². The summed E-state index contributed by atoms with van der Waals surface area (Å²) in [5.41, 5.74) is 2.29. The zero-order chi connectivity index (χ0) is 21.8. The van der Waals surface area contributed by atoms with E-state index in [0.717, 1.165) is 16.4 Å². The van der Waals surface area contributed by atoms with Crippen molar-refractivity contribution in [1.29, 1.82) is 0 Å². The Balaban J connectivity index is 1.44. The highest BCUT2D eigenvalue weighted by Crippen LogP contribution is 2.23. The lowest BCUT2D eigenvalue weighted by atomic mass is 10.2. The molecule has 4 aromatic rings. The van der Waals surface area contributed by atoms with Gasteiger partial charge in [0.25, 0.3) is 5.91 Å². The second-order valence-corrected chi connectivity index (χ2v) is 8.03. The van der Waals surface area contributed by atoms with E-state index in [1.165, 1.54) is 11.3 Å².